The Labute approximate surface area is 99.3 Å². The number of aromatic carboxylic acids is 1. The van der Waals surface area contributed by atoms with E-state index in [4.69, 9.17) is 9.52 Å². The van der Waals surface area contributed by atoms with Gasteiger partial charge in [-0.15, -0.1) is 0 Å². The molecule has 90 valence electrons. The average molecular weight is 245 g/mol. The van der Waals surface area contributed by atoms with E-state index in [9.17, 15) is 9.59 Å². The number of carboxylic acid groups (broad SMARTS) is 1. The van der Waals surface area contributed by atoms with E-state index < -0.39 is 5.97 Å². The van der Waals surface area contributed by atoms with Crippen LogP contribution in [0.2, 0.25) is 0 Å². The SMILES string of the molecule is O=C(O)c1cc2[nH]c(=O)cc(-c3ccco3)n2n1. The van der Waals surface area contributed by atoms with Crippen LogP contribution in [0.15, 0.2) is 39.7 Å². The molecule has 0 fully saturated rings. The summed E-state index contributed by atoms with van der Waals surface area (Å²) in [5.74, 6) is -0.726. The number of fused-ring (bicyclic) bond motifs is 1. The maximum Gasteiger partial charge on any atom is 0.356 e. The molecule has 0 spiro atoms. The molecule has 0 bridgehead atoms. The summed E-state index contributed by atoms with van der Waals surface area (Å²) < 4.78 is 6.51. The Morgan fingerprint density at radius 3 is 2.94 bits per heavy atom. The summed E-state index contributed by atoms with van der Waals surface area (Å²) in [5.41, 5.74) is 0.188. The molecular formula is C11H7N3O4. The van der Waals surface area contributed by atoms with Crippen LogP contribution >= 0.6 is 0 Å². The van der Waals surface area contributed by atoms with Crippen LogP contribution in [0.5, 0.6) is 0 Å². The van der Waals surface area contributed by atoms with E-state index in [0.29, 0.717) is 17.1 Å². The third-order valence-corrected chi connectivity index (χ3v) is 2.45. The molecule has 0 aliphatic rings. The third kappa shape index (κ3) is 1.49. The highest BCUT2D eigenvalue weighted by Crippen LogP contribution is 2.18. The lowest BCUT2D eigenvalue weighted by Crippen LogP contribution is -2.09. The van der Waals surface area contributed by atoms with Gasteiger partial charge in [-0.25, -0.2) is 9.31 Å². The van der Waals surface area contributed by atoms with Crippen molar-refractivity contribution in [2.45, 2.75) is 0 Å². The van der Waals surface area contributed by atoms with Gasteiger partial charge >= 0.3 is 5.97 Å². The quantitative estimate of drug-likeness (QED) is 0.700. The fourth-order valence-electron chi connectivity index (χ4n) is 1.71. The predicted molar refractivity (Wildman–Crippen MR) is 60.5 cm³/mol. The Hall–Kier alpha value is -2.83. The lowest BCUT2D eigenvalue weighted by atomic mass is 10.3. The number of rotatable bonds is 2. The summed E-state index contributed by atoms with van der Waals surface area (Å²) >= 11 is 0. The number of H-pyrrole nitrogens is 1. The molecule has 0 atom stereocenters. The van der Waals surface area contributed by atoms with Gasteiger partial charge in [0.05, 0.1) is 6.26 Å². The summed E-state index contributed by atoms with van der Waals surface area (Å²) in [6.45, 7) is 0. The van der Waals surface area contributed by atoms with Crippen molar-refractivity contribution >= 4 is 11.6 Å². The Kier molecular flexibility index (Phi) is 2.06. The summed E-state index contributed by atoms with van der Waals surface area (Å²) in [6, 6.07) is 5.92. The summed E-state index contributed by atoms with van der Waals surface area (Å²) in [5, 5.41) is 12.8. The largest absolute Gasteiger partial charge is 0.476 e. The highest BCUT2D eigenvalue weighted by Gasteiger charge is 2.14. The zero-order valence-electron chi connectivity index (χ0n) is 8.95. The fourth-order valence-corrected chi connectivity index (χ4v) is 1.71. The number of aromatic amines is 1. The molecule has 3 heterocycles. The Morgan fingerprint density at radius 1 is 1.44 bits per heavy atom. The van der Waals surface area contributed by atoms with Gasteiger partial charge in [0.1, 0.15) is 11.3 Å². The van der Waals surface area contributed by atoms with E-state index in [-0.39, 0.29) is 11.3 Å². The normalized spacial score (nSPS) is 10.9. The summed E-state index contributed by atoms with van der Waals surface area (Å²) in [6.07, 6.45) is 1.46. The molecule has 2 N–H and O–H groups in total. The van der Waals surface area contributed by atoms with E-state index >= 15 is 0 Å². The van der Waals surface area contributed by atoms with Crippen LogP contribution in [0.3, 0.4) is 0 Å². The fraction of sp³-hybridized carbons (Fsp3) is 0. The van der Waals surface area contributed by atoms with Crippen molar-refractivity contribution in [3.05, 3.63) is 46.6 Å². The molecule has 0 radical (unpaired) electrons. The monoisotopic (exact) mass is 245 g/mol. The predicted octanol–water partition coefficient (Wildman–Crippen LogP) is 0.981. The molecule has 0 unspecified atom stereocenters. The smallest absolute Gasteiger partial charge is 0.356 e. The summed E-state index contributed by atoms with van der Waals surface area (Å²) in [7, 11) is 0. The minimum Gasteiger partial charge on any atom is -0.476 e. The van der Waals surface area contributed by atoms with Gasteiger partial charge in [-0.1, -0.05) is 0 Å². The van der Waals surface area contributed by atoms with E-state index in [0.717, 1.165) is 0 Å². The molecule has 18 heavy (non-hydrogen) atoms. The van der Waals surface area contributed by atoms with Gasteiger partial charge in [0, 0.05) is 12.1 Å². The van der Waals surface area contributed by atoms with Crippen molar-refractivity contribution in [2.24, 2.45) is 0 Å². The molecule has 3 aromatic heterocycles. The van der Waals surface area contributed by atoms with E-state index in [1.165, 1.54) is 22.9 Å². The Balaban J connectivity index is 2.37. The van der Waals surface area contributed by atoms with Gasteiger partial charge in [-0.3, -0.25) is 4.79 Å². The molecule has 7 heteroatoms. The second-order valence-electron chi connectivity index (χ2n) is 3.63. The van der Waals surface area contributed by atoms with Crippen molar-refractivity contribution in [3.63, 3.8) is 0 Å². The first-order valence-corrected chi connectivity index (χ1v) is 5.05. The highest BCUT2D eigenvalue weighted by molar-refractivity contribution is 5.86. The molecule has 0 amide bonds. The highest BCUT2D eigenvalue weighted by atomic mass is 16.4. The number of nitrogens with one attached hydrogen (secondary N) is 1. The van der Waals surface area contributed by atoms with Gasteiger partial charge in [-0.2, -0.15) is 5.10 Å². The number of carbonyl (C=O) groups is 1. The number of furan rings is 1. The van der Waals surface area contributed by atoms with Gasteiger partial charge in [0.2, 0.25) is 0 Å². The Morgan fingerprint density at radius 2 is 2.28 bits per heavy atom. The van der Waals surface area contributed by atoms with Crippen LogP contribution in [0.4, 0.5) is 0 Å². The van der Waals surface area contributed by atoms with Gasteiger partial charge in [-0.05, 0) is 12.1 Å². The maximum absolute atomic E-state index is 11.5. The molecule has 7 nitrogen and oxygen atoms in total. The minimum absolute atomic E-state index is 0.148. The molecule has 0 saturated heterocycles. The first-order chi connectivity index (χ1) is 8.65. The number of hydrogen-bond acceptors (Lipinski definition) is 4. The van der Waals surface area contributed by atoms with Crippen molar-refractivity contribution in [3.8, 4) is 11.5 Å². The zero-order chi connectivity index (χ0) is 12.7. The summed E-state index contributed by atoms with van der Waals surface area (Å²) in [4.78, 5) is 24.9. The third-order valence-electron chi connectivity index (χ3n) is 2.45. The van der Waals surface area contributed by atoms with Crippen LogP contribution in [-0.4, -0.2) is 25.7 Å². The molecule has 0 aliphatic carbocycles. The van der Waals surface area contributed by atoms with Crippen LogP contribution in [0.1, 0.15) is 10.5 Å². The van der Waals surface area contributed by atoms with Crippen LogP contribution in [0.25, 0.3) is 17.1 Å². The maximum atomic E-state index is 11.5. The average Bonchev–Trinajstić information content (AvgIpc) is 2.96. The second kappa shape index (κ2) is 3.59. The number of carboxylic acids is 1. The van der Waals surface area contributed by atoms with Crippen molar-refractivity contribution < 1.29 is 14.3 Å². The van der Waals surface area contributed by atoms with E-state index in [1.807, 2.05) is 0 Å². The molecule has 3 aromatic rings. The van der Waals surface area contributed by atoms with E-state index in [2.05, 4.69) is 10.1 Å². The van der Waals surface area contributed by atoms with Crippen LogP contribution < -0.4 is 5.56 Å². The molecule has 3 rings (SSSR count). The minimum atomic E-state index is -1.16. The number of aromatic nitrogens is 3. The molecule has 0 aromatic carbocycles. The first-order valence-electron chi connectivity index (χ1n) is 5.05. The molecule has 0 aliphatic heterocycles. The Bertz CT molecular complexity index is 782. The first kappa shape index (κ1) is 10.3. The standard InChI is InChI=1S/C11H7N3O4/c15-10-5-7(8-2-1-3-18-8)14-9(12-10)4-6(13-14)11(16)17/h1-5H,(H,12,15)(H,16,17). The van der Waals surface area contributed by atoms with Gasteiger partial charge in [0.25, 0.3) is 5.56 Å². The van der Waals surface area contributed by atoms with Crippen LogP contribution in [-0.2, 0) is 0 Å². The van der Waals surface area contributed by atoms with E-state index in [1.54, 1.807) is 12.1 Å². The van der Waals surface area contributed by atoms with Crippen molar-refractivity contribution in [2.75, 3.05) is 0 Å². The zero-order valence-corrected chi connectivity index (χ0v) is 8.95. The van der Waals surface area contributed by atoms with Crippen LogP contribution in [0, 0.1) is 0 Å². The molecule has 0 saturated carbocycles. The van der Waals surface area contributed by atoms with Crippen molar-refractivity contribution in [1.82, 2.24) is 14.6 Å². The number of nitrogens with zero attached hydrogens (tertiary/aromatic N) is 2. The van der Waals surface area contributed by atoms with Crippen molar-refractivity contribution in [1.29, 1.82) is 0 Å². The van der Waals surface area contributed by atoms with Gasteiger partial charge in [0.15, 0.2) is 11.5 Å². The topological polar surface area (TPSA) is 101 Å². The lowest BCUT2D eigenvalue weighted by Gasteiger charge is -2.00. The lowest BCUT2D eigenvalue weighted by molar-refractivity contribution is 0.0690. The number of hydrogen-bond donors (Lipinski definition) is 2. The van der Waals surface area contributed by atoms with Gasteiger partial charge < -0.3 is 14.5 Å². The molecular weight excluding hydrogens is 238 g/mol. The second-order valence-corrected chi connectivity index (χ2v) is 3.63.